The number of imidazole rings is 3. The SMILES string of the molecule is BrC1CCNCC1.C.C.C.C=C=C=C=C.CC(=O)SC1CCN(C)CC1.CN1CCC(Br)CC1.CN1CCC(S(=O)(=O)Cl)CC1.COCCn1c(=O)n(C2CCN(S(=O)(=O)C3CCN(C)CC3)CC2)c2ccccc21.COCCn1c(=O)n(C2CCN(S(=O)(=O)C3CCN(Cc4ccncc4)CC3)CC2)c2ccccc21.COCCn1c(=O)n(C2CCN(S(=O)(=O)C3CCNCC3)CC2)c2ccccc21.[B][B]B([B])[B]. The summed E-state index contributed by atoms with van der Waals surface area (Å²) < 4.78 is 132. The fraction of sp³-hybridized carbons (Fsp3) is 0.680. The lowest BCUT2D eigenvalue weighted by Gasteiger charge is -2.37. The Morgan fingerprint density at radius 1 is 0.448 bits per heavy atom. The molecule has 803 valence electrons. The van der Waals surface area contributed by atoms with Crippen molar-refractivity contribution in [1.82, 2.24) is 80.4 Å². The van der Waals surface area contributed by atoms with E-state index in [0.29, 0.717) is 174 Å². The Hall–Kier alpha value is -5.43. The molecule has 2 N–H and O–H groups in total. The molecule has 17 rings (SSSR count). The van der Waals surface area contributed by atoms with Crippen molar-refractivity contribution >= 4 is 168 Å². The average Bonchev–Trinajstić information content (AvgIpc) is 1.62. The van der Waals surface area contributed by atoms with Crippen LogP contribution in [0.4, 0.5) is 0 Å². The number of rotatable bonds is 23. The lowest BCUT2D eigenvalue weighted by Crippen LogP contribution is -2.48. The number of nitrogens with one attached hydrogen (secondary N) is 2. The topological polar surface area (TPSA) is 325 Å². The van der Waals surface area contributed by atoms with E-state index in [2.05, 4.69) is 116 Å². The number of hydrogen-bond donors (Lipinski definition) is 2. The maximum Gasteiger partial charge on any atom is 0.329 e. The van der Waals surface area contributed by atoms with Gasteiger partial charge in [-0.1, -0.05) is 114 Å². The number of aromatic nitrogens is 7. The van der Waals surface area contributed by atoms with Crippen LogP contribution < -0.4 is 27.7 Å². The standard InChI is InChI=1S/C26H35N5O4S.C21H32N4O4S.C20H30N4O4S.C8H15NOS.C6H12BrN.C6H12ClNO2S.C5H10BrN.C5H4.3CH4.B5/c1-35-19-18-30-24-4-2-3-5-25(24)31(26(30)32)22-8-16-29(17-9-22)36(33,34)23-10-14-28(15-11-23)20-21-6-12-27-13-7-21;1-22-11-9-18(10-12-22)30(27,28)23-13-7-17(8-14-23)25-20-6-4-3-5-19(20)24(21(25)26)15-16-29-2;1-28-15-14-23-18-4-2-3-5-19(18)24(20(23)25)16-8-12-22(13-9-16)29(26,27)17-6-10-21-11-7-17;1-7(10)11-8-3-5-9(2)6-4-8;1-8-4-2-6(7)3-5-8;1-8-4-2-6(3-5-8)11(7,9)10;6-5-1-3-7-4-2-5;1-3-5-4-2;;;;1-4-5(2)3/h2-7,12-13,22-23H,8-11,14-20H2,1H3;3-6,17-18H,7-16H2,1-2H3;2-5,16-17,21H,6-15H2,1H3;8H,3-6H2,1-2H3;6H,2-5H2,1H3;6H,2-5H2,1H3;5,7H,1-4H2;1-2H2;3*1H4;. The summed E-state index contributed by atoms with van der Waals surface area (Å²) in [5, 5.41) is 6.16. The number of carbonyl (C=O) groups excluding carboxylic acids is 1. The van der Waals surface area contributed by atoms with Crippen molar-refractivity contribution in [3.05, 3.63) is 165 Å². The third-order valence-electron chi connectivity index (χ3n) is 27.9. The number of methoxy groups -OCH3 is 3. The van der Waals surface area contributed by atoms with Crippen molar-refractivity contribution in [2.45, 2.75) is 238 Å². The molecule has 10 aliphatic rings. The van der Waals surface area contributed by atoms with Crippen LogP contribution in [0.15, 0.2) is 142 Å². The number of likely N-dealkylation sites (tertiary alicyclic amines) is 5. The first kappa shape index (κ1) is 128. The zero-order valence-electron chi connectivity index (χ0n) is 84.6. The molecule has 14 heterocycles. The second-order valence-electron chi connectivity index (χ2n) is 37.9. The molecule has 0 atom stereocenters. The first-order valence-corrected chi connectivity index (χ1v) is 59.6. The normalized spacial score (nSPS) is 19.7. The van der Waals surface area contributed by atoms with E-state index in [1.54, 1.807) is 67.3 Å². The predicted octanol–water partition coefficient (Wildman–Crippen LogP) is 11.0. The van der Waals surface area contributed by atoms with Crippen LogP contribution in [0.3, 0.4) is 0 Å². The van der Waals surface area contributed by atoms with Gasteiger partial charge in [-0.3, -0.25) is 42.1 Å². The quantitative estimate of drug-likeness (QED) is 0.0260. The van der Waals surface area contributed by atoms with Gasteiger partial charge in [-0.2, -0.15) is 0 Å². The minimum Gasteiger partial charge on any atom is -0.383 e. The van der Waals surface area contributed by atoms with Crippen LogP contribution >= 0.6 is 54.3 Å². The highest BCUT2D eigenvalue weighted by Crippen LogP contribution is 2.35. The number of benzene rings is 3. The van der Waals surface area contributed by atoms with E-state index < -0.39 is 45.5 Å². The number of nitrogens with zero attached hydrogens (tertiary/aromatic N) is 15. The molecule has 145 heavy (non-hydrogen) atoms. The molecule has 0 spiro atoms. The number of carbonyl (C=O) groups is 1. The molecule has 0 aliphatic carbocycles. The summed E-state index contributed by atoms with van der Waals surface area (Å²) in [6.45, 7) is 28.2. The maximum absolute atomic E-state index is 13.5. The van der Waals surface area contributed by atoms with Gasteiger partial charge in [-0.05, 0) is 321 Å². The Morgan fingerprint density at radius 2 is 0.731 bits per heavy atom. The van der Waals surface area contributed by atoms with Gasteiger partial charge < -0.3 is 44.4 Å². The number of fused-ring (bicyclic) bond motifs is 3. The number of sulfonamides is 3. The largest absolute Gasteiger partial charge is 0.383 e. The second-order valence-corrected chi connectivity index (χ2v) is 51.5. The maximum atomic E-state index is 13.5. The summed E-state index contributed by atoms with van der Waals surface area (Å²) in [6, 6.07) is 27.5. The highest BCUT2D eigenvalue weighted by molar-refractivity contribution is 9.09. The van der Waals surface area contributed by atoms with Crippen molar-refractivity contribution in [1.29, 1.82) is 0 Å². The summed E-state index contributed by atoms with van der Waals surface area (Å²) in [5.41, 5.74) is 13.6. The van der Waals surface area contributed by atoms with Gasteiger partial charge >= 0.3 is 17.1 Å². The predicted molar refractivity (Wildman–Crippen MR) is 609 cm³/mol. The van der Waals surface area contributed by atoms with Crippen molar-refractivity contribution in [2.24, 2.45) is 0 Å². The summed E-state index contributed by atoms with van der Waals surface area (Å²) in [5.74, 6) is 0. The summed E-state index contributed by atoms with van der Waals surface area (Å²) >= 11 is 8.65. The van der Waals surface area contributed by atoms with Gasteiger partial charge in [-0.15, -0.1) is 0 Å². The first-order chi connectivity index (χ1) is 68.0. The molecular formula is C100H162B5Br2ClN17O15S5. The molecule has 10 fully saturated rings. The number of hydrogen-bond acceptors (Lipinski definition) is 24. The summed E-state index contributed by atoms with van der Waals surface area (Å²) in [4.78, 5) is 67.3. The Bertz CT molecular complexity index is 5750. The van der Waals surface area contributed by atoms with E-state index in [1.165, 1.54) is 89.1 Å². The number of halogens is 3. The summed E-state index contributed by atoms with van der Waals surface area (Å²) in [6.07, 6.45) is 20.0. The highest BCUT2D eigenvalue weighted by Gasteiger charge is 2.42. The Balaban J connectivity index is 0.000000270. The molecule has 10 aliphatic heterocycles. The van der Waals surface area contributed by atoms with Crippen LogP contribution in [0.2, 0.25) is 0 Å². The van der Waals surface area contributed by atoms with Crippen molar-refractivity contribution < 1.29 is 52.7 Å². The number of para-hydroxylation sites is 6. The number of piperidine rings is 10. The van der Waals surface area contributed by atoms with Crippen LogP contribution in [0.5, 0.6) is 0 Å². The number of thioether (sulfide) groups is 1. The Morgan fingerprint density at radius 3 is 1.01 bits per heavy atom. The van der Waals surface area contributed by atoms with Gasteiger partial charge in [0.1, 0.15) is 0 Å². The van der Waals surface area contributed by atoms with Crippen molar-refractivity contribution in [3.8, 4) is 0 Å². The molecule has 10 saturated heterocycles. The van der Waals surface area contributed by atoms with E-state index >= 15 is 0 Å². The lowest BCUT2D eigenvalue weighted by atomic mass is 8.97. The van der Waals surface area contributed by atoms with E-state index in [-0.39, 0.29) is 83.6 Å². The number of ether oxygens (including phenoxy) is 3. The molecule has 7 radical (unpaired) electrons. The Kier molecular flexibility index (Phi) is 57.7. The van der Waals surface area contributed by atoms with E-state index in [0.717, 1.165) is 115 Å². The monoisotopic (exact) mass is 2250 g/mol. The zero-order valence-corrected chi connectivity index (χ0v) is 92.6. The molecular weight excluding hydrogens is 2090 g/mol. The molecule has 45 heteroatoms. The molecule has 3 aromatic carbocycles. The van der Waals surface area contributed by atoms with Gasteiger partial charge in [0, 0.05) is 167 Å². The molecule has 32 nitrogen and oxygen atoms in total. The Labute approximate surface area is 897 Å². The molecule has 4 aromatic heterocycles. The van der Waals surface area contributed by atoms with Gasteiger partial charge in [0.05, 0.1) is 93.6 Å². The number of alkyl halides is 2. The average molecular weight is 2250 g/mol. The van der Waals surface area contributed by atoms with Crippen LogP contribution in [0, 0.1) is 0 Å². The van der Waals surface area contributed by atoms with Crippen LogP contribution in [0.1, 0.15) is 181 Å². The van der Waals surface area contributed by atoms with E-state index in [1.807, 2.05) is 113 Å². The smallest absolute Gasteiger partial charge is 0.329 e. The molecule has 0 amide bonds. The summed E-state index contributed by atoms with van der Waals surface area (Å²) in [7, 11) is 21.0. The lowest BCUT2D eigenvalue weighted by molar-refractivity contribution is -0.109. The van der Waals surface area contributed by atoms with Crippen molar-refractivity contribution in [3.63, 3.8) is 0 Å². The van der Waals surface area contributed by atoms with E-state index in [9.17, 15) is 52.8 Å². The fourth-order valence-corrected chi connectivity index (χ4v) is 28.5. The zero-order chi connectivity index (χ0) is 103. The minimum absolute atomic E-state index is 0. The van der Waals surface area contributed by atoms with E-state index in [4.69, 9.17) is 48.1 Å². The molecule has 0 saturated carbocycles. The van der Waals surface area contributed by atoms with Gasteiger partial charge in [0.15, 0.2) is 5.12 Å². The van der Waals surface area contributed by atoms with Gasteiger partial charge in [0.2, 0.25) is 39.1 Å². The van der Waals surface area contributed by atoms with Crippen molar-refractivity contribution in [2.75, 3.05) is 200 Å². The first-order valence-electron chi connectivity index (χ1n) is 50.0. The highest BCUT2D eigenvalue weighted by atomic mass is 79.9. The second kappa shape index (κ2) is 65.2. The molecule has 7 aromatic rings. The van der Waals surface area contributed by atoms with Gasteiger partial charge in [0.25, 0.3) is 0 Å². The van der Waals surface area contributed by atoms with Crippen LogP contribution in [-0.4, -0.2) is 381 Å². The fourth-order valence-electron chi connectivity index (χ4n) is 19.6. The van der Waals surface area contributed by atoms with Crippen LogP contribution in [-0.2, 0) is 84.3 Å². The van der Waals surface area contributed by atoms with Crippen LogP contribution in [0.25, 0.3) is 33.1 Å². The number of pyridine rings is 1. The third-order valence-corrected chi connectivity index (χ3v) is 40.1. The van der Waals surface area contributed by atoms with Gasteiger partial charge in [-0.25, -0.2) is 61.0 Å². The molecule has 0 unspecified atom stereocenters. The minimum atomic E-state index is -3.36. The molecule has 0 bridgehead atoms. The third kappa shape index (κ3) is 39.0.